The second-order valence-electron chi connectivity index (χ2n) is 7.11. The number of nitrogens with one attached hydrogen (secondary N) is 2. The maximum Gasteiger partial charge on any atom is 0.144 e. The van der Waals surface area contributed by atoms with Crippen molar-refractivity contribution in [1.82, 2.24) is 15.2 Å². The predicted molar refractivity (Wildman–Crippen MR) is 118 cm³/mol. The van der Waals surface area contributed by atoms with Gasteiger partial charge in [-0.1, -0.05) is 12.1 Å². The van der Waals surface area contributed by atoms with Crippen LogP contribution >= 0.6 is 0 Å². The molecule has 1 fully saturated rings. The second kappa shape index (κ2) is 10.1. The monoisotopic (exact) mass is 395 g/mol. The number of nitrogens with two attached hydrogens (primary N) is 1. The van der Waals surface area contributed by atoms with Gasteiger partial charge in [0.15, 0.2) is 0 Å². The van der Waals surface area contributed by atoms with Crippen LogP contribution in [0.5, 0.6) is 0 Å². The number of aliphatic hydroxyl groups is 1. The zero-order valence-electron chi connectivity index (χ0n) is 16.8. The summed E-state index contributed by atoms with van der Waals surface area (Å²) in [6, 6.07) is 11.4. The summed E-state index contributed by atoms with van der Waals surface area (Å²) >= 11 is 0. The van der Waals surface area contributed by atoms with Crippen LogP contribution in [-0.4, -0.2) is 66.0 Å². The van der Waals surface area contributed by atoms with Crippen LogP contribution in [0.15, 0.2) is 47.6 Å². The number of hydrogen-bond acceptors (Lipinski definition) is 7. The van der Waals surface area contributed by atoms with Gasteiger partial charge in [0.25, 0.3) is 0 Å². The fourth-order valence-electron chi connectivity index (χ4n) is 3.27. The molecular formula is C21H29N7O. The molecule has 29 heavy (non-hydrogen) atoms. The first-order valence-electron chi connectivity index (χ1n) is 9.83. The lowest BCUT2D eigenvalue weighted by molar-refractivity contribution is 0.233. The average Bonchev–Trinajstić information content (AvgIpc) is 2.75. The van der Waals surface area contributed by atoms with E-state index in [2.05, 4.69) is 32.3 Å². The van der Waals surface area contributed by atoms with Crippen LogP contribution in [0.1, 0.15) is 18.1 Å². The number of rotatable bonds is 7. The Kier molecular flexibility index (Phi) is 7.29. The number of aliphatic imine (C=N–C) groups is 1. The summed E-state index contributed by atoms with van der Waals surface area (Å²) in [7, 11) is 0. The van der Waals surface area contributed by atoms with E-state index in [9.17, 15) is 5.11 Å². The Bertz CT molecular complexity index is 831. The van der Waals surface area contributed by atoms with Gasteiger partial charge in [0.05, 0.1) is 24.6 Å². The first-order chi connectivity index (χ1) is 14.1. The van der Waals surface area contributed by atoms with E-state index in [-0.39, 0.29) is 12.6 Å². The minimum Gasteiger partial charge on any atom is -0.394 e. The van der Waals surface area contributed by atoms with Crippen molar-refractivity contribution in [2.24, 2.45) is 4.99 Å². The molecule has 2 aromatic rings. The highest BCUT2D eigenvalue weighted by Crippen LogP contribution is 2.21. The normalized spacial score (nSPS) is 16.4. The fourth-order valence-corrected chi connectivity index (χ4v) is 3.27. The van der Waals surface area contributed by atoms with E-state index >= 15 is 0 Å². The van der Waals surface area contributed by atoms with Crippen molar-refractivity contribution < 1.29 is 5.11 Å². The summed E-state index contributed by atoms with van der Waals surface area (Å²) in [5.41, 5.74) is 8.72. The molecule has 1 aromatic carbocycles. The third-order valence-corrected chi connectivity index (χ3v) is 4.87. The van der Waals surface area contributed by atoms with Gasteiger partial charge in [0.1, 0.15) is 11.7 Å². The van der Waals surface area contributed by atoms with Crippen LogP contribution in [-0.2, 0) is 6.54 Å². The van der Waals surface area contributed by atoms with Gasteiger partial charge in [-0.2, -0.15) is 0 Å². The standard InChI is InChI=1S/C21H29N7O/c1-16(14-29)26-21(19-3-2-8-25-20(19)23)28(15-22)18-6-4-17(5-7-18)13-27-11-9-24-10-12-27/h2-8,15-16,22,24,29H,9-14H2,1H3,(H2,23,25)/b22-15?,26-21-. The molecule has 1 aromatic heterocycles. The molecule has 0 saturated carbocycles. The number of benzene rings is 1. The van der Waals surface area contributed by atoms with Crippen LogP contribution in [0.2, 0.25) is 0 Å². The van der Waals surface area contributed by atoms with Crippen molar-refractivity contribution in [3.8, 4) is 0 Å². The minimum absolute atomic E-state index is 0.0981. The summed E-state index contributed by atoms with van der Waals surface area (Å²) in [5, 5.41) is 20.8. The molecule has 2 heterocycles. The van der Waals surface area contributed by atoms with Gasteiger partial charge in [0, 0.05) is 44.6 Å². The molecule has 5 N–H and O–H groups in total. The van der Waals surface area contributed by atoms with Crippen molar-refractivity contribution >= 4 is 23.7 Å². The van der Waals surface area contributed by atoms with Gasteiger partial charge in [-0.05, 0) is 36.8 Å². The van der Waals surface area contributed by atoms with E-state index in [1.54, 1.807) is 17.2 Å². The lowest BCUT2D eigenvalue weighted by atomic mass is 10.1. The van der Waals surface area contributed by atoms with Gasteiger partial charge in [-0.3, -0.25) is 20.2 Å². The molecule has 1 saturated heterocycles. The Morgan fingerprint density at radius 2 is 2.07 bits per heavy atom. The molecule has 3 rings (SSSR count). The fraction of sp³-hybridized carbons (Fsp3) is 0.381. The lowest BCUT2D eigenvalue weighted by Crippen LogP contribution is -2.42. The quantitative estimate of drug-likeness (QED) is 0.415. The number of aromatic nitrogens is 1. The molecule has 154 valence electrons. The maximum atomic E-state index is 9.48. The molecule has 8 nitrogen and oxygen atoms in total. The predicted octanol–water partition coefficient (Wildman–Crippen LogP) is 1.31. The van der Waals surface area contributed by atoms with E-state index < -0.39 is 0 Å². The van der Waals surface area contributed by atoms with Crippen LogP contribution in [0, 0.1) is 5.41 Å². The zero-order valence-corrected chi connectivity index (χ0v) is 16.8. The highest BCUT2D eigenvalue weighted by atomic mass is 16.3. The third-order valence-electron chi connectivity index (χ3n) is 4.87. The summed E-state index contributed by atoms with van der Waals surface area (Å²) in [6.45, 7) is 6.76. The third kappa shape index (κ3) is 5.38. The SMILES string of the molecule is CC(CO)/N=C(/c1cccnc1N)N(C=N)c1ccc(CN2CCNCC2)cc1. The van der Waals surface area contributed by atoms with Gasteiger partial charge in [-0.15, -0.1) is 0 Å². The van der Waals surface area contributed by atoms with Crippen LogP contribution in [0.4, 0.5) is 11.5 Å². The number of amidine groups is 1. The Balaban J connectivity index is 1.87. The van der Waals surface area contributed by atoms with Crippen LogP contribution in [0.3, 0.4) is 0 Å². The Morgan fingerprint density at radius 1 is 1.34 bits per heavy atom. The average molecular weight is 396 g/mol. The van der Waals surface area contributed by atoms with E-state index in [4.69, 9.17) is 11.1 Å². The molecule has 1 aliphatic rings. The Labute approximate surface area is 171 Å². The highest BCUT2D eigenvalue weighted by Gasteiger charge is 2.18. The molecule has 0 aliphatic carbocycles. The number of piperazine rings is 1. The molecule has 1 aliphatic heterocycles. The van der Waals surface area contributed by atoms with Gasteiger partial charge < -0.3 is 16.2 Å². The van der Waals surface area contributed by atoms with Crippen molar-refractivity contribution in [2.45, 2.75) is 19.5 Å². The highest BCUT2D eigenvalue weighted by molar-refractivity contribution is 6.20. The summed E-state index contributed by atoms with van der Waals surface area (Å²) in [5.74, 6) is 0.820. The topological polar surface area (TPSA) is 114 Å². The van der Waals surface area contributed by atoms with E-state index in [0.717, 1.165) is 38.4 Å². The van der Waals surface area contributed by atoms with Gasteiger partial charge in [-0.25, -0.2) is 4.98 Å². The lowest BCUT2D eigenvalue weighted by Gasteiger charge is -2.27. The second-order valence-corrected chi connectivity index (χ2v) is 7.11. The molecule has 0 radical (unpaired) electrons. The molecule has 1 unspecified atom stereocenters. The van der Waals surface area contributed by atoms with Gasteiger partial charge in [0.2, 0.25) is 0 Å². The number of nitrogen functional groups attached to an aromatic ring is 1. The van der Waals surface area contributed by atoms with Crippen molar-refractivity contribution in [3.63, 3.8) is 0 Å². The Morgan fingerprint density at radius 3 is 2.69 bits per heavy atom. The van der Waals surface area contributed by atoms with E-state index in [1.807, 2.05) is 25.1 Å². The number of pyridine rings is 1. The number of aliphatic hydroxyl groups excluding tert-OH is 1. The maximum absolute atomic E-state index is 9.48. The summed E-state index contributed by atoms with van der Waals surface area (Å²) in [6.07, 6.45) is 2.83. The van der Waals surface area contributed by atoms with E-state index in [0.29, 0.717) is 17.2 Å². The number of hydrogen-bond donors (Lipinski definition) is 4. The summed E-state index contributed by atoms with van der Waals surface area (Å²) < 4.78 is 0. The van der Waals surface area contributed by atoms with Gasteiger partial charge >= 0.3 is 0 Å². The van der Waals surface area contributed by atoms with Crippen molar-refractivity contribution in [3.05, 3.63) is 53.7 Å². The molecule has 0 amide bonds. The molecule has 1 atom stereocenters. The van der Waals surface area contributed by atoms with Crippen molar-refractivity contribution in [1.29, 1.82) is 5.41 Å². The largest absolute Gasteiger partial charge is 0.394 e. The van der Waals surface area contributed by atoms with Crippen LogP contribution < -0.4 is 16.0 Å². The minimum atomic E-state index is -0.334. The number of nitrogens with zero attached hydrogens (tertiary/aromatic N) is 4. The number of anilines is 2. The van der Waals surface area contributed by atoms with Crippen molar-refractivity contribution in [2.75, 3.05) is 43.4 Å². The van der Waals surface area contributed by atoms with Crippen LogP contribution in [0.25, 0.3) is 0 Å². The first-order valence-corrected chi connectivity index (χ1v) is 9.83. The first kappa shape index (κ1) is 20.9. The molecule has 0 bridgehead atoms. The molecule has 8 heteroatoms. The molecule has 0 spiro atoms. The van der Waals surface area contributed by atoms with E-state index in [1.165, 1.54) is 11.9 Å². The zero-order chi connectivity index (χ0) is 20.6. The Hall–Kier alpha value is -2.81. The summed E-state index contributed by atoms with van der Waals surface area (Å²) in [4.78, 5) is 12.8. The molecular weight excluding hydrogens is 366 g/mol. The smallest absolute Gasteiger partial charge is 0.144 e.